The van der Waals surface area contributed by atoms with Crippen LogP contribution in [-0.4, -0.2) is 25.8 Å². The van der Waals surface area contributed by atoms with Crippen LogP contribution in [0.1, 0.15) is 15.9 Å². The number of rotatable bonds is 3. The van der Waals surface area contributed by atoms with Crippen LogP contribution < -0.4 is 0 Å². The molecule has 1 N–H and O–H groups in total. The summed E-state index contributed by atoms with van der Waals surface area (Å²) in [5, 5.41) is 12.6. The van der Waals surface area contributed by atoms with Crippen LogP contribution in [0.3, 0.4) is 0 Å². The van der Waals surface area contributed by atoms with Gasteiger partial charge in [-0.25, -0.2) is 18.9 Å². The normalized spacial score (nSPS) is 10.3. The maximum Gasteiger partial charge on any atom is 0.338 e. The predicted molar refractivity (Wildman–Crippen MR) is 52.5 cm³/mol. The minimum Gasteiger partial charge on any atom is -0.478 e. The van der Waals surface area contributed by atoms with Crippen LogP contribution in [0.5, 0.6) is 0 Å². The van der Waals surface area contributed by atoms with Gasteiger partial charge in [-0.2, -0.15) is 5.10 Å². The molecule has 0 aliphatic heterocycles. The van der Waals surface area contributed by atoms with E-state index >= 15 is 0 Å². The number of carbonyl (C=O) groups is 1. The third-order valence-electron chi connectivity index (χ3n) is 2.11. The molecule has 5 nitrogen and oxygen atoms in total. The van der Waals surface area contributed by atoms with Gasteiger partial charge in [-0.1, -0.05) is 12.1 Å². The van der Waals surface area contributed by atoms with Gasteiger partial charge >= 0.3 is 5.97 Å². The Morgan fingerprint density at radius 3 is 2.94 bits per heavy atom. The largest absolute Gasteiger partial charge is 0.478 e. The molecule has 0 amide bonds. The summed E-state index contributed by atoms with van der Waals surface area (Å²) in [6, 6.07) is 4.24. The van der Waals surface area contributed by atoms with E-state index in [1.54, 1.807) is 0 Å². The summed E-state index contributed by atoms with van der Waals surface area (Å²) >= 11 is 0. The fourth-order valence-corrected chi connectivity index (χ4v) is 1.36. The van der Waals surface area contributed by atoms with Crippen molar-refractivity contribution >= 4 is 5.97 Å². The number of benzene rings is 1. The van der Waals surface area contributed by atoms with E-state index in [0.717, 1.165) is 0 Å². The maximum absolute atomic E-state index is 13.7. The van der Waals surface area contributed by atoms with E-state index in [1.807, 2.05) is 0 Å². The molecule has 2 aromatic rings. The Morgan fingerprint density at radius 1 is 1.50 bits per heavy atom. The van der Waals surface area contributed by atoms with Crippen LogP contribution in [-0.2, 0) is 6.54 Å². The second-order valence-corrected chi connectivity index (χ2v) is 3.18. The third-order valence-corrected chi connectivity index (χ3v) is 2.11. The SMILES string of the molecule is O=C(O)c1cccc(Cn2cncn2)c1F. The number of hydrogen-bond acceptors (Lipinski definition) is 3. The summed E-state index contributed by atoms with van der Waals surface area (Å²) < 4.78 is 15.1. The summed E-state index contributed by atoms with van der Waals surface area (Å²) in [7, 11) is 0. The second kappa shape index (κ2) is 4.09. The first kappa shape index (κ1) is 10.3. The molecule has 16 heavy (non-hydrogen) atoms. The van der Waals surface area contributed by atoms with E-state index < -0.39 is 11.8 Å². The lowest BCUT2D eigenvalue weighted by atomic mass is 10.1. The minimum atomic E-state index is -1.28. The third kappa shape index (κ3) is 1.90. The first-order valence-electron chi connectivity index (χ1n) is 4.51. The zero-order valence-electron chi connectivity index (χ0n) is 8.17. The molecule has 0 aliphatic rings. The van der Waals surface area contributed by atoms with Crippen molar-refractivity contribution in [3.05, 3.63) is 47.8 Å². The van der Waals surface area contributed by atoms with Crippen molar-refractivity contribution in [1.82, 2.24) is 14.8 Å². The quantitative estimate of drug-likeness (QED) is 0.844. The molecule has 1 heterocycles. The van der Waals surface area contributed by atoms with Crippen molar-refractivity contribution in [2.24, 2.45) is 0 Å². The fraction of sp³-hybridized carbons (Fsp3) is 0.100. The Balaban J connectivity index is 2.35. The zero-order chi connectivity index (χ0) is 11.5. The molecule has 0 spiro atoms. The number of aromatic carboxylic acids is 1. The molecule has 0 saturated heterocycles. The molecule has 6 heteroatoms. The van der Waals surface area contributed by atoms with E-state index in [-0.39, 0.29) is 17.7 Å². The molecule has 0 atom stereocenters. The number of halogens is 1. The summed E-state index contributed by atoms with van der Waals surface area (Å²) in [5.74, 6) is -2.01. The van der Waals surface area contributed by atoms with E-state index in [9.17, 15) is 9.18 Å². The Hall–Kier alpha value is -2.24. The van der Waals surface area contributed by atoms with Crippen molar-refractivity contribution in [3.63, 3.8) is 0 Å². The number of nitrogens with zero attached hydrogens (tertiary/aromatic N) is 3. The molecule has 1 aromatic heterocycles. The number of hydrogen-bond donors (Lipinski definition) is 1. The molecule has 0 fully saturated rings. The van der Waals surface area contributed by atoms with Gasteiger partial charge in [0.15, 0.2) is 0 Å². The van der Waals surface area contributed by atoms with Crippen LogP contribution >= 0.6 is 0 Å². The van der Waals surface area contributed by atoms with Crippen LogP contribution in [0.2, 0.25) is 0 Å². The lowest BCUT2D eigenvalue weighted by Gasteiger charge is -2.05. The molecule has 2 rings (SSSR count). The molecule has 82 valence electrons. The van der Waals surface area contributed by atoms with E-state index in [2.05, 4.69) is 10.1 Å². The van der Waals surface area contributed by atoms with Crippen LogP contribution in [0.15, 0.2) is 30.9 Å². The number of carboxylic acids is 1. The predicted octanol–water partition coefficient (Wildman–Crippen LogP) is 1.16. The molecule has 0 unspecified atom stereocenters. The Kier molecular flexibility index (Phi) is 2.63. The molecule has 0 bridgehead atoms. The molecule has 0 saturated carbocycles. The van der Waals surface area contributed by atoms with Crippen LogP contribution in [0.25, 0.3) is 0 Å². The van der Waals surface area contributed by atoms with Crippen molar-refractivity contribution in [2.75, 3.05) is 0 Å². The van der Waals surface area contributed by atoms with E-state index in [4.69, 9.17) is 5.11 Å². The molecule has 0 radical (unpaired) electrons. The van der Waals surface area contributed by atoms with E-state index in [0.29, 0.717) is 0 Å². The van der Waals surface area contributed by atoms with Crippen molar-refractivity contribution < 1.29 is 14.3 Å². The first-order chi connectivity index (χ1) is 7.68. The topological polar surface area (TPSA) is 68.0 Å². The Labute approximate surface area is 90.2 Å². The summed E-state index contributed by atoms with van der Waals surface area (Å²) in [6.07, 6.45) is 2.77. The Morgan fingerprint density at radius 2 is 2.31 bits per heavy atom. The number of carboxylic acid groups (broad SMARTS) is 1. The Bertz CT molecular complexity index is 511. The summed E-state index contributed by atoms with van der Waals surface area (Å²) in [6.45, 7) is 0.160. The van der Waals surface area contributed by atoms with Gasteiger partial charge in [0, 0.05) is 5.56 Å². The standard InChI is InChI=1S/C10H8FN3O2/c11-9-7(4-14-6-12-5-13-14)2-1-3-8(9)10(15)16/h1-3,5-6H,4H2,(H,15,16). The van der Waals surface area contributed by atoms with Crippen molar-refractivity contribution in [2.45, 2.75) is 6.54 Å². The number of aromatic nitrogens is 3. The monoisotopic (exact) mass is 221 g/mol. The first-order valence-corrected chi connectivity index (χ1v) is 4.51. The van der Waals surface area contributed by atoms with E-state index in [1.165, 1.54) is 35.5 Å². The summed E-state index contributed by atoms with van der Waals surface area (Å²) in [5.41, 5.74) is -0.0667. The van der Waals surface area contributed by atoms with Crippen molar-refractivity contribution in [3.8, 4) is 0 Å². The lowest BCUT2D eigenvalue weighted by Crippen LogP contribution is -2.07. The van der Waals surface area contributed by atoms with Crippen LogP contribution in [0.4, 0.5) is 4.39 Å². The average molecular weight is 221 g/mol. The van der Waals surface area contributed by atoms with Gasteiger partial charge < -0.3 is 5.11 Å². The molecular weight excluding hydrogens is 213 g/mol. The molecular formula is C10H8FN3O2. The van der Waals surface area contributed by atoms with Gasteiger partial charge in [0.25, 0.3) is 0 Å². The van der Waals surface area contributed by atoms with Gasteiger partial charge in [-0.15, -0.1) is 0 Å². The van der Waals surface area contributed by atoms with Gasteiger partial charge in [0.1, 0.15) is 18.5 Å². The molecule has 0 aliphatic carbocycles. The van der Waals surface area contributed by atoms with Gasteiger partial charge in [-0.05, 0) is 6.07 Å². The summed E-state index contributed by atoms with van der Waals surface area (Å²) in [4.78, 5) is 14.4. The highest BCUT2D eigenvalue weighted by Crippen LogP contribution is 2.13. The highest BCUT2D eigenvalue weighted by atomic mass is 19.1. The minimum absolute atomic E-state index is 0.160. The van der Waals surface area contributed by atoms with Crippen molar-refractivity contribution in [1.29, 1.82) is 0 Å². The zero-order valence-corrected chi connectivity index (χ0v) is 8.17. The highest BCUT2D eigenvalue weighted by molar-refractivity contribution is 5.88. The highest BCUT2D eigenvalue weighted by Gasteiger charge is 2.13. The second-order valence-electron chi connectivity index (χ2n) is 3.18. The van der Waals surface area contributed by atoms with Gasteiger partial charge in [-0.3, -0.25) is 0 Å². The molecule has 1 aromatic carbocycles. The average Bonchev–Trinajstić information content (AvgIpc) is 2.73. The smallest absolute Gasteiger partial charge is 0.338 e. The van der Waals surface area contributed by atoms with Gasteiger partial charge in [0.05, 0.1) is 12.1 Å². The van der Waals surface area contributed by atoms with Crippen LogP contribution in [0, 0.1) is 5.82 Å². The van der Waals surface area contributed by atoms with Gasteiger partial charge in [0.2, 0.25) is 0 Å². The lowest BCUT2D eigenvalue weighted by molar-refractivity contribution is 0.0691. The maximum atomic E-state index is 13.7. The fourth-order valence-electron chi connectivity index (χ4n) is 1.36.